The van der Waals surface area contributed by atoms with E-state index in [1.165, 1.54) is 12.1 Å². The van der Waals surface area contributed by atoms with Gasteiger partial charge in [0, 0.05) is 75.8 Å². The van der Waals surface area contributed by atoms with Crippen molar-refractivity contribution in [2.45, 2.75) is 63.7 Å². The van der Waals surface area contributed by atoms with Crippen LogP contribution in [0.1, 0.15) is 55.4 Å². The minimum absolute atomic E-state index is 0.0218. The number of rotatable bonds is 18. The van der Waals surface area contributed by atoms with Gasteiger partial charge in [-0.15, -0.1) is 0 Å². The first-order chi connectivity index (χ1) is 29.0. The second-order valence-electron chi connectivity index (χ2n) is 15.6. The van der Waals surface area contributed by atoms with Crippen LogP contribution >= 0.6 is 0 Å². The normalized spacial score (nSPS) is 14.3. The zero-order chi connectivity index (χ0) is 42.4. The number of phenols is 1. The number of aromatic amines is 1. The van der Waals surface area contributed by atoms with Crippen molar-refractivity contribution in [1.29, 1.82) is 0 Å². The van der Waals surface area contributed by atoms with Gasteiger partial charge < -0.3 is 40.4 Å². The number of phenolic OH excluding ortho intramolecular Hbond substituents is 1. The summed E-state index contributed by atoms with van der Waals surface area (Å²) in [5, 5.41) is 30.9. The van der Waals surface area contributed by atoms with Crippen LogP contribution in [0, 0.1) is 0 Å². The third-order valence-electron chi connectivity index (χ3n) is 10.9. The number of ether oxygens (including phenoxy) is 1. The van der Waals surface area contributed by atoms with Gasteiger partial charge >= 0.3 is 6.09 Å². The van der Waals surface area contributed by atoms with E-state index >= 15 is 0 Å². The number of hydrogen-bond donors (Lipinski definition) is 6. The van der Waals surface area contributed by atoms with Gasteiger partial charge in [-0.25, -0.2) is 4.79 Å². The van der Waals surface area contributed by atoms with Gasteiger partial charge in [0.05, 0.1) is 23.7 Å². The Labute approximate surface area is 350 Å². The lowest BCUT2D eigenvalue weighted by molar-refractivity contribution is -0.130. The minimum Gasteiger partial charge on any atom is -0.506 e. The number of likely N-dealkylation sites (tertiary alicyclic amines) is 1. The van der Waals surface area contributed by atoms with Gasteiger partial charge in [-0.1, -0.05) is 78.9 Å². The Kier molecular flexibility index (Phi) is 15.5. The Morgan fingerprint density at radius 2 is 1.68 bits per heavy atom. The summed E-state index contributed by atoms with van der Waals surface area (Å²) in [6.45, 7) is 5.43. The lowest BCUT2D eigenvalue weighted by Crippen LogP contribution is -2.40. The first kappa shape index (κ1) is 43.6. The number of nitrogens with one attached hydrogen (secondary N) is 4. The summed E-state index contributed by atoms with van der Waals surface area (Å²) in [6.07, 6.45) is 1.87. The van der Waals surface area contributed by atoms with E-state index in [2.05, 4.69) is 25.8 Å². The third kappa shape index (κ3) is 12.5. The Hall–Kier alpha value is -6.02. The molecule has 60 heavy (non-hydrogen) atoms. The van der Waals surface area contributed by atoms with E-state index in [0.29, 0.717) is 73.9 Å². The SMILES string of the molecule is C[C@H](Cc1cccc(CC(=O)NCCCN(C)C(=O)CCN2CCC(OC(=O)Nc3ccccc3-c3ccccc3)CC2)c1)NC[C@@H](O)c1ccc(O)c2[nH]c(=O)ccc12. The molecule has 1 fully saturated rings. The number of fused-ring (bicyclic) bond motifs is 1. The highest BCUT2D eigenvalue weighted by atomic mass is 16.6. The van der Waals surface area contributed by atoms with E-state index in [1.807, 2.05) is 85.8 Å². The second-order valence-corrected chi connectivity index (χ2v) is 15.6. The maximum absolute atomic E-state index is 12.9. The van der Waals surface area contributed by atoms with Crippen LogP contribution in [0.4, 0.5) is 10.5 Å². The molecule has 5 aromatic rings. The van der Waals surface area contributed by atoms with Crippen molar-refractivity contribution in [2.24, 2.45) is 0 Å². The fourth-order valence-corrected chi connectivity index (χ4v) is 7.63. The summed E-state index contributed by atoms with van der Waals surface area (Å²) in [6, 6.07) is 31.6. The summed E-state index contributed by atoms with van der Waals surface area (Å²) >= 11 is 0. The highest BCUT2D eigenvalue weighted by molar-refractivity contribution is 5.91. The Balaban J connectivity index is 0.832. The largest absolute Gasteiger partial charge is 0.506 e. The molecule has 1 saturated heterocycles. The molecule has 316 valence electrons. The minimum atomic E-state index is -0.858. The number of carbonyl (C=O) groups excluding carboxylic acids is 3. The van der Waals surface area contributed by atoms with Crippen LogP contribution in [-0.4, -0.2) is 101 Å². The summed E-state index contributed by atoms with van der Waals surface area (Å²) in [5.74, 6) is -0.0828. The average molecular weight is 817 g/mol. The van der Waals surface area contributed by atoms with Gasteiger partial charge in [0.25, 0.3) is 0 Å². The number of nitrogens with zero attached hydrogens (tertiary/aromatic N) is 2. The number of benzene rings is 4. The van der Waals surface area contributed by atoms with E-state index in [4.69, 9.17) is 4.74 Å². The molecule has 1 aliphatic heterocycles. The highest BCUT2D eigenvalue weighted by Gasteiger charge is 2.24. The molecule has 2 heterocycles. The molecular weight excluding hydrogens is 761 g/mol. The van der Waals surface area contributed by atoms with Gasteiger partial charge in [-0.2, -0.15) is 0 Å². The number of aromatic nitrogens is 1. The zero-order valence-electron chi connectivity index (χ0n) is 34.4. The topological polar surface area (TPSA) is 176 Å². The van der Waals surface area contributed by atoms with Crippen molar-refractivity contribution in [3.05, 3.63) is 130 Å². The van der Waals surface area contributed by atoms with Crippen molar-refractivity contribution >= 4 is 34.5 Å². The number of pyridine rings is 1. The average Bonchev–Trinajstić information content (AvgIpc) is 3.24. The van der Waals surface area contributed by atoms with Crippen LogP contribution in [0.15, 0.2) is 108 Å². The predicted molar refractivity (Wildman–Crippen MR) is 234 cm³/mol. The van der Waals surface area contributed by atoms with Crippen molar-refractivity contribution < 1.29 is 29.3 Å². The van der Waals surface area contributed by atoms with Gasteiger partial charge in [-0.3, -0.25) is 19.7 Å². The molecule has 0 spiro atoms. The van der Waals surface area contributed by atoms with Crippen LogP contribution in [0.25, 0.3) is 22.0 Å². The first-order valence-corrected chi connectivity index (χ1v) is 20.7. The molecule has 13 heteroatoms. The number of hydrogen-bond acceptors (Lipinski definition) is 9. The quantitative estimate of drug-likeness (QED) is 0.0601. The van der Waals surface area contributed by atoms with E-state index in [9.17, 15) is 29.4 Å². The number of amides is 3. The maximum Gasteiger partial charge on any atom is 0.411 e. The van der Waals surface area contributed by atoms with Crippen molar-refractivity contribution in [1.82, 2.24) is 25.4 Å². The molecule has 6 rings (SSSR count). The molecule has 13 nitrogen and oxygen atoms in total. The number of aliphatic hydroxyl groups is 1. The molecule has 0 bridgehead atoms. The molecule has 0 saturated carbocycles. The number of piperidine rings is 1. The lowest BCUT2D eigenvalue weighted by atomic mass is 10.0. The number of aromatic hydroxyl groups is 1. The Morgan fingerprint density at radius 3 is 2.48 bits per heavy atom. The van der Waals surface area contributed by atoms with Crippen LogP contribution in [0.2, 0.25) is 0 Å². The van der Waals surface area contributed by atoms with E-state index in [1.54, 1.807) is 24.1 Å². The molecule has 2 atom stereocenters. The van der Waals surface area contributed by atoms with Crippen molar-refractivity contribution in [3.63, 3.8) is 0 Å². The number of anilines is 1. The van der Waals surface area contributed by atoms with Crippen molar-refractivity contribution in [3.8, 4) is 16.9 Å². The lowest BCUT2D eigenvalue weighted by Gasteiger charge is -2.31. The van der Waals surface area contributed by atoms with E-state index < -0.39 is 12.2 Å². The van der Waals surface area contributed by atoms with Crippen LogP contribution in [0.3, 0.4) is 0 Å². The molecule has 0 aliphatic carbocycles. The predicted octanol–water partition coefficient (Wildman–Crippen LogP) is 5.77. The first-order valence-electron chi connectivity index (χ1n) is 20.7. The molecule has 1 aliphatic rings. The Bertz CT molecular complexity index is 2270. The summed E-state index contributed by atoms with van der Waals surface area (Å²) in [5.41, 5.74) is 5.18. The number of H-pyrrole nitrogens is 1. The van der Waals surface area contributed by atoms with Gasteiger partial charge in [-0.05, 0) is 73.1 Å². The standard InChI is InChI=1S/C47H56N6O7/c1-32(49-31-42(55)38-16-18-41(54)46-39(38)17-19-43(56)51-46)28-33-10-8-11-34(29-33)30-44(57)48-23-9-24-52(2)45(58)22-27-53-25-20-36(21-26-53)60-47(59)50-40-15-7-6-14-37(40)35-12-4-3-5-13-35/h3-8,10-19,29,32,36,42,49,54-55H,9,20-28,30-31H2,1-2H3,(H,48,57)(H,50,59)(H,51,56)/t32-,42-/m1/s1. The third-order valence-corrected chi connectivity index (χ3v) is 10.9. The number of aliphatic hydroxyl groups excluding tert-OH is 1. The maximum atomic E-state index is 12.9. The van der Waals surface area contributed by atoms with Crippen molar-refractivity contribution in [2.75, 3.05) is 51.6 Å². The van der Waals surface area contributed by atoms with Crippen LogP contribution in [-0.2, 0) is 27.2 Å². The fraction of sp³-hybridized carbons (Fsp3) is 0.362. The summed E-state index contributed by atoms with van der Waals surface area (Å²) < 4.78 is 5.76. The zero-order valence-corrected chi connectivity index (χ0v) is 34.4. The highest BCUT2D eigenvalue weighted by Crippen LogP contribution is 2.29. The van der Waals surface area contributed by atoms with E-state index in [-0.39, 0.29) is 48.2 Å². The monoisotopic (exact) mass is 816 g/mol. The summed E-state index contributed by atoms with van der Waals surface area (Å²) in [7, 11) is 1.79. The molecule has 0 radical (unpaired) electrons. The van der Waals surface area contributed by atoms with E-state index in [0.717, 1.165) is 35.3 Å². The summed E-state index contributed by atoms with van der Waals surface area (Å²) in [4.78, 5) is 56.7. The molecule has 1 aromatic heterocycles. The van der Waals surface area contributed by atoms with Gasteiger partial charge in [0.2, 0.25) is 17.4 Å². The van der Waals surface area contributed by atoms with Crippen LogP contribution in [0.5, 0.6) is 5.75 Å². The van der Waals surface area contributed by atoms with Gasteiger partial charge in [0.15, 0.2) is 0 Å². The molecular formula is C47H56N6O7. The fourth-order valence-electron chi connectivity index (χ4n) is 7.63. The smallest absolute Gasteiger partial charge is 0.411 e. The van der Waals surface area contributed by atoms with Gasteiger partial charge in [0.1, 0.15) is 11.9 Å². The molecule has 4 aromatic carbocycles. The second kappa shape index (κ2) is 21.3. The molecule has 3 amide bonds. The van der Waals surface area contributed by atoms with Crippen LogP contribution < -0.4 is 21.5 Å². The number of para-hydroxylation sites is 1. The number of carbonyl (C=O) groups is 3. The molecule has 6 N–H and O–H groups in total. The Morgan fingerprint density at radius 1 is 0.933 bits per heavy atom. The molecule has 0 unspecified atom stereocenters.